The Hall–Kier alpha value is -1.06. The topological polar surface area (TPSA) is 69.1 Å². The van der Waals surface area contributed by atoms with Gasteiger partial charge in [0.2, 0.25) is 0 Å². The van der Waals surface area contributed by atoms with Crippen LogP contribution in [0.5, 0.6) is 5.75 Å². The van der Waals surface area contributed by atoms with Gasteiger partial charge >= 0.3 is 0 Å². The third kappa shape index (κ3) is 9.09. The van der Waals surface area contributed by atoms with Gasteiger partial charge in [0.25, 0.3) is 0 Å². The van der Waals surface area contributed by atoms with E-state index in [-0.39, 0.29) is 24.0 Å². The molecule has 1 fully saturated rings. The first kappa shape index (κ1) is 26.0. The molecule has 166 valence electrons. The molecule has 0 unspecified atom stereocenters. The summed E-state index contributed by atoms with van der Waals surface area (Å²) in [5.41, 5.74) is 2.92. The average molecular weight is 518 g/mol. The summed E-state index contributed by atoms with van der Waals surface area (Å²) in [6, 6.07) is 4.46. The summed E-state index contributed by atoms with van der Waals surface area (Å²) in [6.07, 6.45) is 2.53. The van der Waals surface area contributed by atoms with E-state index in [1.807, 2.05) is 26.0 Å². The Morgan fingerprint density at radius 3 is 2.41 bits per heavy atom. The molecule has 1 aromatic rings. The van der Waals surface area contributed by atoms with Crippen molar-refractivity contribution in [2.45, 2.75) is 66.2 Å². The number of halogens is 1. The number of likely N-dealkylation sites (tertiary alicyclic amines) is 1. The van der Waals surface area contributed by atoms with Gasteiger partial charge in [0.15, 0.2) is 5.96 Å². The van der Waals surface area contributed by atoms with Crippen molar-refractivity contribution >= 4 is 29.9 Å². The minimum atomic E-state index is 0. The summed E-state index contributed by atoms with van der Waals surface area (Å²) < 4.78 is 5.66. The Kier molecular flexibility index (Phi) is 11.9. The molecule has 1 aliphatic rings. The second-order valence-corrected chi connectivity index (χ2v) is 7.95. The summed E-state index contributed by atoms with van der Waals surface area (Å²) in [6.45, 7) is 15.6. The van der Waals surface area contributed by atoms with Crippen molar-refractivity contribution in [2.24, 2.45) is 4.99 Å². The highest BCUT2D eigenvalue weighted by Crippen LogP contribution is 2.23. The fraction of sp³-hybridized carbons (Fsp3) is 0.682. The van der Waals surface area contributed by atoms with Gasteiger partial charge in [-0.25, -0.2) is 4.99 Å². The molecule has 0 aromatic heterocycles. The van der Waals surface area contributed by atoms with E-state index in [2.05, 4.69) is 36.3 Å². The zero-order chi connectivity index (χ0) is 20.5. The second kappa shape index (κ2) is 13.3. The number of rotatable bonds is 8. The van der Waals surface area contributed by atoms with Crippen molar-refractivity contribution < 1.29 is 9.84 Å². The SMILES string of the molecule is CCNC(=NCc1cc(C)c(O)c(C)c1)NC1CCN(CCOC(C)C)CC1.I. The molecular weight excluding hydrogens is 479 g/mol. The monoisotopic (exact) mass is 518 g/mol. The van der Waals surface area contributed by atoms with E-state index in [0.29, 0.717) is 24.4 Å². The van der Waals surface area contributed by atoms with Gasteiger partial charge in [-0.3, -0.25) is 0 Å². The fourth-order valence-electron chi connectivity index (χ4n) is 3.54. The van der Waals surface area contributed by atoms with Crippen LogP contribution in [0.4, 0.5) is 0 Å². The molecule has 0 bridgehead atoms. The highest BCUT2D eigenvalue weighted by Gasteiger charge is 2.19. The van der Waals surface area contributed by atoms with Gasteiger partial charge in [0.05, 0.1) is 19.3 Å². The van der Waals surface area contributed by atoms with Gasteiger partial charge in [-0.2, -0.15) is 0 Å². The van der Waals surface area contributed by atoms with Crippen LogP contribution in [0.25, 0.3) is 0 Å². The van der Waals surface area contributed by atoms with E-state index in [1.165, 1.54) is 0 Å². The first-order valence-corrected chi connectivity index (χ1v) is 10.6. The van der Waals surface area contributed by atoms with Gasteiger partial charge in [-0.15, -0.1) is 24.0 Å². The normalized spacial score (nSPS) is 16.0. The van der Waals surface area contributed by atoms with Crippen molar-refractivity contribution in [3.05, 3.63) is 28.8 Å². The lowest BCUT2D eigenvalue weighted by Gasteiger charge is -2.33. The molecule has 1 aromatic carbocycles. The predicted octanol–water partition coefficient (Wildman–Crippen LogP) is 3.57. The largest absolute Gasteiger partial charge is 0.507 e. The lowest BCUT2D eigenvalue weighted by molar-refractivity contribution is 0.0532. The smallest absolute Gasteiger partial charge is 0.191 e. The van der Waals surface area contributed by atoms with Gasteiger partial charge < -0.3 is 25.4 Å². The number of guanidine groups is 1. The highest BCUT2D eigenvalue weighted by atomic mass is 127. The summed E-state index contributed by atoms with van der Waals surface area (Å²) in [7, 11) is 0. The molecule has 7 heteroatoms. The maximum absolute atomic E-state index is 9.94. The van der Waals surface area contributed by atoms with Gasteiger partial charge in [-0.05, 0) is 64.2 Å². The number of hydrogen-bond acceptors (Lipinski definition) is 4. The molecule has 6 nitrogen and oxygen atoms in total. The lowest BCUT2D eigenvalue weighted by atomic mass is 10.1. The number of benzene rings is 1. The predicted molar refractivity (Wildman–Crippen MR) is 131 cm³/mol. The Balaban J connectivity index is 0.00000420. The number of phenolic OH excluding ortho intramolecular Hbond substituents is 1. The van der Waals surface area contributed by atoms with E-state index >= 15 is 0 Å². The maximum Gasteiger partial charge on any atom is 0.191 e. The Bertz CT molecular complexity index is 621. The maximum atomic E-state index is 9.94. The van der Waals surface area contributed by atoms with Crippen LogP contribution in [0.3, 0.4) is 0 Å². The number of piperidine rings is 1. The molecule has 3 N–H and O–H groups in total. The summed E-state index contributed by atoms with van der Waals surface area (Å²) >= 11 is 0. The minimum absolute atomic E-state index is 0. The van der Waals surface area contributed by atoms with Crippen LogP contribution in [0.2, 0.25) is 0 Å². The van der Waals surface area contributed by atoms with Gasteiger partial charge in [0, 0.05) is 32.2 Å². The van der Waals surface area contributed by atoms with Crippen molar-refractivity contribution in [2.75, 3.05) is 32.8 Å². The lowest BCUT2D eigenvalue weighted by Crippen LogP contribution is -2.49. The molecule has 0 amide bonds. The van der Waals surface area contributed by atoms with Crippen LogP contribution in [-0.4, -0.2) is 60.9 Å². The summed E-state index contributed by atoms with van der Waals surface area (Å²) in [4.78, 5) is 7.24. The Morgan fingerprint density at radius 2 is 1.86 bits per heavy atom. The molecule has 0 spiro atoms. The zero-order valence-electron chi connectivity index (χ0n) is 18.6. The minimum Gasteiger partial charge on any atom is -0.507 e. The quantitative estimate of drug-likeness (QED) is 0.279. The molecule has 0 atom stereocenters. The molecule has 0 saturated carbocycles. The van der Waals surface area contributed by atoms with Crippen LogP contribution in [0.15, 0.2) is 17.1 Å². The third-order valence-corrected chi connectivity index (χ3v) is 5.10. The molecule has 1 heterocycles. The highest BCUT2D eigenvalue weighted by molar-refractivity contribution is 14.0. The van der Waals surface area contributed by atoms with Gasteiger partial charge in [0.1, 0.15) is 5.75 Å². The first-order valence-electron chi connectivity index (χ1n) is 10.6. The number of hydrogen-bond donors (Lipinski definition) is 3. The molecule has 1 aliphatic heterocycles. The molecule has 2 rings (SSSR count). The zero-order valence-corrected chi connectivity index (χ0v) is 21.0. The van der Waals surface area contributed by atoms with Crippen LogP contribution >= 0.6 is 24.0 Å². The van der Waals surface area contributed by atoms with Crippen LogP contribution in [0, 0.1) is 13.8 Å². The van der Waals surface area contributed by atoms with Gasteiger partial charge in [-0.1, -0.05) is 12.1 Å². The van der Waals surface area contributed by atoms with Crippen LogP contribution in [0.1, 0.15) is 50.3 Å². The molecule has 29 heavy (non-hydrogen) atoms. The number of aliphatic imine (C=N–C) groups is 1. The average Bonchev–Trinajstić information content (AvgIpc) is 2.65. The summed E-state index contributed by atoms with van der Waals surface area (Å²) in [5.74, 6) is 1.25. The third-order valence-electron chi connectivity index (χ3n) is 5.10. The molecular formula is C22H39IN4O2. The number of aromatic hydroxyl groups is 1. The number of phenols is 1. The Morgan fingerprint density at radius 1 is 1.24 bits per heavy atom. The van der Waals surface area contributed by atoms with Crippen molar-refractivity contribution in [1.82, 2.24) is 15.5 Å². The van der Waals surface area contributed by atoms with Crippen molar-refractivity contribution in [3.63, 3.8) is 0 Å². The number of nitrogens with one attached hydrogen (secondary N) is 2. The van der Waals surface area contributed by atoms with E-state index in [9.17, 15) is 5.11 Å². The number of ether oxygens (including phenoxy) is 1. The molecule has 0 aliphatic carbocycles. The van der Waals surface area contributed by atoms with Crippen molar-refractivity contribution in [1.29, 1.82) is 0 Å². The molecule has 0 radical (unpaired) electrons. The van der Waals surface area contributed by atoms with E-state index < -0.39 is 0 Å². The first-order chi connectivity index (χ1) is 13.4. The van der Waals surface area contributed by atoms with Crippen LogP contribution < -0.4 is 10.6 Å². The second-order valence-electron chi connectivity index (χ2n) is 7.95. The van der Waals surface area contributed by atoms with Crippen LogP contribution in [-0.2, 0) is 11.3 Å². The van der Waals surface area contributed by atoms with E-state index in [1.54, 1.807) is 0 Å². The van der Waals surface area contributed by atoms with E-state index in [0.717, 1.165) is 68.3 Å². The number of nitrogens with zero attached hydrogens (tertiary/aromatic N) is 2. The number of aryl methyl sites for hydroxylation is 2. The standard InChI is InChI=1S/C22H38N4O2.HI/c1-6-23-22(24-15-19-13-17(4)21(27)18(5)14-19)25-20-7-9-26(10-8-20)11-12-28-16(2)3;/h13-14,16,20,27H,6-12,15H2,1-5H3,(H2,23,24,25);1H. The summed E-state index contributed by atoms with van der Waals surface area (Å²) in [5, 5.41) is 16.9. The van der Waals surface area contributed by atoms with Crippen molar-refractivity contribution in [3.8, 4) is 5.75 Å². The van der Waals surface area contributed by atoms with E-state index in [4.69, 9.17) is 9.73 Å². The fourth-order valence-corrected chi connectivity index (χ4v) is 3.54. The Labute approximate surface area is 193 Å². The molecule has 1 saturated heterocycles.